The Morgan fingerprint density at radius 2 is 2.14 bits per heavy atom. The number of tetrazole rings is 1. The first kappa shape index (κ1) is 16.9. The Bertz CT molecular complexity index is 813. The van der Waals surface area contributed by atoms with Gasteiger partial charge in [-0.3, -0.25) is 0 Å². The van der Waals surface area contributed by atoms with E-state index in [-0.39, 0.29) is 45.0 Å². The summed E-state index contributed by atoms with van der Waals surface area (Å²) >= 11 is 6.19. The van der Waals surface area contributed by atoms with E-state index in [1.807, 2.05) is 0 Å². The van der Waals surface area contributed by atoms with Crippen LogP contribution < -0.4 is 15.5 Å². The summed E-state index contributed by atoms with van der Waals surface area (Å²) < 4.78 is 7.79. The second-order valence-corrected chi connectivity index (χ2v) is 4.60. The maximum atomic E-state index is 12.0. The first-order valence-electron chi connectivity index (χ1n) is 6.01. The summed E-state index contributed by atoms with van der Waals surface area (Å²) in [4.78, 5) is 12.0. The van der Waals surface area contributed by atoms with Gasteiger partial charge in [-0.1, -0.05) is 17.7 Å². The molecule has 2 heterocycles. The molecule has 0 saturated heterocycles. The van der Waals surface area contributed by atoms with Crippen molar-refractivity contribution in [3.8, 4) is 11.6 Å². The number of hydrogen-bond donors (Lipinski definition) is 0. The topological polar surface area (TPSA) is 88.9 Å². The van der Waals surface area contributed by atoms with Crippen molar-refractivity contribution in [1.29, 1.82) is 0 Å². The van der Waals surface area contributed by atoms with Crippen molar-refractivity contribution in [2.45, 2.75) is 6.61 Å². The number of hydrogen-bond acceptors (Lipinski definition) is 5. The van der Waals surface area contributed by atoms with Crippen molar-refractivity contribution in [2.24, 2.45) is 7.05 Å². The van der Waals surface area contributed by atoms with Crippen LogP contribution >= 0.6 is 11.6 Å². The Balaban J connectivity index is 0.00000176. The zero-order valence-corrected chi connectivity index (χ0v) is 15.1. The zero-order chi connectivity index (χ0) is 14.8. The van der Waals surface area contributed by atoms with Gasteiger partial charge in [0.25, 0.3) is 0 Å². The predicted molar refractivity (Wildman–Crippen MR) is 73.5 cm³/mol. The van der Waals surface area contributed by atoms with Gasteiger partial charge in [0.2, 0.25) is 0 Å². The molecule has 1 aromatic carbocycles. The predicted octanol–water partition coefficient (Wildman–Crippen LogP) is 0.548. The van der Waals surface area contributed by atoms with E-state index in [0.29, 0.717) is 22.2 Å². The molecule has 0 saturated carbocycles. The number of rotatable bonds is 4. The Hall–Kier alpha value is -1.51. The monoisotopic (exact) mass is 394 g/mol. The third-order valence-corrected chi connectivity index (χ3v) is 3.20. The minimum Gasteiger partial charge on any atom is -0.579 e. The molecule has 3 aromatic rings. The van der Waals surface area contributed by atoms with Crippen molar-refractivity contribution in [1.82, 2.24) is 30.0 Å². The molecule has 0 aliphatic heterocycles. The smallest absolute Gasteiger partial charge is 0.368 e. The van der Waals surface area contributed by atoms with Crippen molar-refractivity contribution < 1.29 is 37.4 Å². The van der Waals surface area contributed by atoms with E-state index < -0.39 is 0 Å². The minimum absolute atomic E-state index is 0. The fourth-order valence-electron chi connectivity index (χ4n) is 1.80. The summed E-state index contributed by atoms with van der Waals surface area (Å²) in [6.45, 7) is 0.136. The van der Waals surface area contributed by atoms with Crippen molar-refractivity contribution >= 4 is 11.6 Å². The van der Waals surface area contributed by atoms with Gasteiger partial charge in [0.15, 0.2) is 5.88 Å². The molecule has 0 amide bonds. The van der Waals surface area contributed by atoms with Crippen LogP contribution in [0.1, 0.15) is 5.56 Å². The summed E-state index contributed by atoms with van der Waals surface area (Å²) in [5.74, 6) is 0.382. The summed E-state index contributed by atoms with van der Waals surface area (Å²) in [6.07, 6.45) is 1.52. The number of halogens is 1. The Labute approximate surface area is 155 Å². The van der Waals surface area contributed by atoms with Crippen molar-refractivity contribution in [3.63, 3.8) is 0 Å². The van der Waals surface area contributed by atoms with Gasteiger partial charge in [-0.2, -0.15) is 15.6 Å². The van der Waals surface area contributed by atoms with Crippen LogP contribution in [0, 0.1) is 0 Å². The molecule has 22 heavy (non-hydrogen) atoms. The normalized spacial score (nSPS) is 10.3. The molecule has 0 fully saturated rings. The molecule has 10 heteroatoms. The van der Waals surface area contributed by atoms with Gasteiger partial charge in [-0.05, 0) is 28.6 Å². The molecule has 0 N–H and O–H groups in total. The van der Waals surface area contributed by atoms with Gasteiger partial charge in [-0.15, -0.1) is 0 Å². The minimum atomic E-state index is -0.369. The molecule has 2 aromatic heterocycles. The van der Waals surface area contributed by atoms with Crippen LogP contribution in [0.4, 0.5) is 0 Å². The average Bonchev–Trinajstić information content (AvgIpc) is 3.09. The maximum absolute atomic E-state index is 12.0. The summed E-state index contributed by atoms with van der Waals surface area (Å²) in [5.41, 5.74) is 0.761. The molecule has 0 atom stereocenters. The summed E-state index contributed by atoms with van der Waals surface area (Å²) in [5, 5.41) is 15.4. The molecule has 0 spiro atoms. The van der Waals surface area contributed by atoms with Crippen LogP contribution in [0.3, 0.4) is 0 Å². The Morgan fingerprint density at radius 3 is 2.77 bits per heavy atom. The summed E-state index contributed by atoms with van der Waals surface area (Å²) in [6, 6.07) is 6.79. The van der Waals surface area contributed by atoms with Crippen LogP contribution in [0.25, 0.3) is 5.69 Å². The molecule has 0 aliphatic rings. The second-order valence-electron chi connectivity index (χ2n) is 4.19. The van der Waals surface area contributed by atoms with E-state index in [9.17, 15) is 4.79 Å². The molecule has 1 radical (unpaired) electrons. The van der Waals surface area contributed by atoms with E-state index in [1.165, 1.54) is 17.9 Å². The van der Waals surface area contributed by atoms with E-state index in [1.54, 1.807) is 24.3 Å². The first-order valence-corrected chi connectivity index (χ1v) is 6.38. The van der Waals surface area contributed by atoms with Gasteiger partial charge in [0.1, 0.15) is 6.61 Å². The Morgan fingerprint density at radius 1 is 1.32 bits per heavy atom. The van der Waals surface area contributed by atoms with Gasteiger partial charge in [0.05, 0.1) is 5.69 Å². The summed E-state index contributed by atoms with van der Waals surface area (Å²) in [7, 11) is 1.52. The van der Waals surface area contributed by atoms with Crippen LogP contribution in [0.2, 0.25) is 5.02 Å². The molecule has 0 aliphatic carbocycles. The standard InChI is InChI=1S/C12H10ClN6O2.Y/c1-18-12(20)19(17-16-18)10-4-2-3-9(13)8(10)7-21-11-5-6-14-15-11;/h2-6H,7H2,1H3;/q-1;. The van der Waals surface area contributed by atoms with Gasteiger partial charge in [-0.25, -0.2) is 4.79 Å². The quantitative estimate of drug-likeness (QED) is 0.642. The van der Waals surface area contributed by atoms with Crippen LogP contribution in [0.15, 0.2) is 35.3 Å². The fraction of sp³-hybridized carbons (Fsp3) is 0.167. The fourth-order valence-corrected chi connectivity index (χ4v) is 2.02. The van der Waals surface area contributed by atoms with Gasteiger partial charge >= 0.3 is 5.69 Å². The van der Waals surface area contributed by atoms with Crippen LogP contribution in [0.5, 0.6) is 5.88 Å². The third kappa shape index (κ3) is 3.29. The third-order valence-electron chi connectivity index (χ3n) is 2.85. The number of benzene rings is 1. The van der Waals surface area contributed by atoms with E-state index in [2.05, 4.69) is 20.6 Å². The van der Waals surface area contributed by atoms with Crippen molar-refractivity contribution in [3.05, 3.63) is 51.5 Å². The number of ether oxygens (including phenoxy) is 1. The first-order chi connectivity index (χ1) is 10.2. The van der Waals surface area contributed by atoms with Gasteiger partial charge in [0, 0.05) is 50.3 Å². The number of aryl methyl sites for hydroxylation is 1. The molecule has 3 rings (SSSR count). The Kier molecular flexibility index (Phi) is 5.49. The molecular formula is C12H10ClN6O2Y-. The molecule has 111 valence electrons. The van der Waals surface area contributed by atoms with Crippen LogP contribution in [-0.4, -0.2) is 24.9 Å². The number of nitrogens with zero attached hydrogens (tertiary/aromatic N) is 6. The SMILES string of the molecule is Cn1nnn(-c2cccc(Cl)c2COc2cc[n-]n2)c1=O.[Y]. The molecule has 8 nitrogen and oxygen atoms in total. The molecule has 0 unspecified atom stereocenters. The molecular weight excluding hydrogens is 385 g/mol. The van der Waals surface area contributed by atoms with Gasteiger partial charge < -0.3 is 14.9 Å². The molecule has 0 bridgehead atoms. The van der Waals surface area contributed by atoms with Crippen molar-refractivity contribution in [2.75, 3.05) is 0 Å². The average molecular weight is 395 g/mol. The van der Waals surface area contributed by atoms with E-state index in [4.69, 9.17) is 16.3 Å². The second kappa shape index (κ2) is 7.17. The van der Waals surface area contributed by atoms with E-state index >= 15 is 0 Å². The largest absolute Gasteiger partial charge is 0.579 e. The van der Waals surface area contributed by atoms with E-state index in [0.717, 1.165) is 4.68 Å². The zero-order valence-electron chi connectivity index (χ0n) is 11.5. The maximum Gasteiger partial charge on any atom is 0.368 e. The number of aromatic nitrogens is 6. The van der Waals surface area contributed by atoms with Crippen LogP contribution in [-0.2, 0) is 46.4 Å².